The molecule has 0 aromatic heterocycles. The molecule has 18 heavy (non-hydrogen) atoms. The molecule has 2 aromatic rings. The number of hydrogen-bond donors (Lipinski definition) is 0. The number of nitro groups is 1. The summed E-state index contributed by atoms with van der Waals surface area (Å²) >= 11 is 0. The largest absolute Gasteiger partial charge is 0.272 e. The Kier molecular flexibility index (Phi) is 2.41. The van der Waals surface area contributed by atoms with Crippen LogP contribution in [0.2, 0.25) is 0 Å². The molecule has 1 unspecified atom stereocenters. The normalized spacial score (nSPS) is 17.1. The Labute approximate surface area is 104 Å². The molecule has 1 aliphatic rings. The highest BCUT2D eigenvalue weighted by Crippen LogP contribution is 2.35. The smallest absolute Gasteiger partial charge is 0.269 e. The number of benzene rings is 2. The lowest BCUT2D eigenvalue weighted by molar-refractivity contribution is -0.384. The first-order valence-electron chi connectivity index (χ1n) is 5.63. The zero-order valence-electron chi connectivity index (χ0n) is 9.48. The number of aliphatic imine (C=N–C) groups is 1. The quantitative estimate of drug-likeness (QED) is 0.609. The van der Waals surface area contributed by atoms with Gasteiger partial charge in [0, 0.05) is 12.1 Å². The fourth-order valence-electron chi connectivity index (χ4n) is 1.95. The molecule has 0 amide bonds. The molecule has 0 N–H and O–H groups in total. The van der Waals surface area contributed by atoms with Gasteiger partial charge in [0.1, 0.15) is 6.04 Å². The molecule has 0 saturated carbocycles. The van der Waals surface area contributed by atoms with Crippen LogP contribution in [0.25, 0.3) is 0 Å². The van der Waals surface area contributed by atoms with Crippen LogP contribution in [0.5, 0.6) is 0 Å². The van der Waals surface area contributed by atoms with Gasteiger partial charge in [-0.25, -0.2) is 0 Å². The standard InChI is InChI=1S/C14H10N2O2/c17-16(18)12-8-6-11(7-9-12)14-13(15-14)10-4-2-1-3-5-10/h1-9,14H. The molecule has 0 fully saturated rings. The summed E-state index contributed by atoms with van der Waals surface area (Å²) in [5, 5.41) is 10.6. The topological polar surface area (TPSA) is 55.5 Å². The van der Waals surface area contributed by atoms with Crippen molar-refractivity contribution in [1.82, 2.24) is 0 Å². The highest BCUT2D eigenvalue weighted by Gasteiger charge is 2.30. The maximum absolute atomic E-state index is 10.6. The van der Waals surface area contributed by atoms with Crippen molar-refractivity contribution >= 4 is 11.4 Å². The molecule has 0 saturated heterocycles. The van der Waals surface area contributed by atoms with Gasteiger partial charge in [-0.1, -0.05) is 30.3 Å². The highest BCUT2D eigenvalue weighted by atomic mass is 16.6. The van der Waals surface area contributed by atoms with E-state index < -0.39 is 4.92 Å². The van der Waals surface area contributed by atoms with Crippen LogP contribution >= 0.6 is 0 Å². The Hall–Kier alpha value is -2.49. The third kappa shape index (κ3) is 1.88. The van der Waals surface area contributed by atoms with Gasteiger partial charge in [0.05, 0.1) is 10.6 Å². The first kappa shape index (κ1) is 10.7. The number of non-ortho nitro benzene ring substituents is 1. The van der Waals surface area contributed by atoms with Crippen molar-refractivity contribution in [1.29, 1.82) is 0 Å². The summed E-state index contributed by atoms with van der Waals surface area (Å²) < 4.78 is 0. The predicted molar refractivity (Wildman–Crippen MR) is 68.8 cm³/mol. The van der Waals surface area contributed by atoms with E-state index >= 15 is 0 Å². The number of nitrogens with zero attached hydrogens (tertiary/aromatic N) is 2. The van der Waals surface area contributed by atoms with Gasteiger partial charge >= 0.3 is 0 Å². The molecule has 1 atom stereocenters. The summed E-state index contributed by atoms with van der Waals surface area (Å²) in [5.41, 5.74) is 3.27. The Bertz CT molecular complexity index is 618. The minimum atomic E-state index is -0.393. The zero-order chi connectivity index (χ0) is 12.5. The molecule has 0 spiro atoms. The second-order valence-corrected chi connectivity index (χ2v) is 4.13. The lowest BCUT2D eigenvalue weighted by atomic mass is 10.0. The van der Waals surface area contributed by atoms with E-state index in [9.17, 15) is 10.1 Å². The molecular formula is C14H10N2O2. The van der Waals surface area contributed by atoms with Crippen molar-refractivity contribution in [2.45, 2.75) is 6.04 Å². The van der Waals surface area contributed by atoms with E-state index in [1.165, 1.54) is 12.1 Å². The lowest BCUT2D eigenvalue weighted by Crippen LogP contribution is -1.94. The van der Waals surface area contributed by atoms with Crippen molar-refractivity contribution in [3.8, 4) is 0 Å². The predicted octanol–water partition coefficient (Wildman–Crippen LogP) is 3.14. The van der Waals surface area contributed by atoms with Gasteiger partial charge in [-0.05, 0) is 23.3 Å². The fourth-order valence-corrected chi connectivity index (χ4v) is 1.95. The van der Waals surface area contributed by atoms with Gasteiger partial charge in [0.2, 0.25) is 0 Å². The van der Waals surface area contributed by atoms with Gasteiger partial charge in [0.15, 0.2) is 0 Å². The first-order valence-corrected chi connectivity index (χ1v) is 5.63. The summed E-state index contributed by atoms with van der Waals surface area (Å²) in [5.74, 6) is 0. The van der Waals surface area contributed by atoms with Crippen LogP contribution in [-0.2, 0) is 0 Å². The SMILES string of the molecule is O=[N+]([O-])c1ccc(C2N=C2c2ccccc2)cc1. The maximum Gasteiger partial charge on any atom is 0.269 e. The van der Waals surface area contributed by atoms with Crippen LogP contribution in [0.15, 0.2) is 59.6 Å². The molecule has 0 aliphatic carbocycles. The number of hydrogen-bond acceptors (Lipinski definition) is 3. The average Bonchev–Trinajstić information content (AvgIpc) is 3.20. The summed E-state index contributed by atoms with van der Waals surface area (Å²) in [6, 6.07) is 16.6. The molecule has 0 radical (unpaired) electrons. The van der Waals surface area contributed by atoms with Crippen LogP contribution in [0, 0.1) is 10.1 Å². The Morgan fingerprint density at radius 2 is 1.67 bits per heavy atom. The lowest BCUT2D eigenvalue weighted by Gasteiger charge is -1.98. The Morgan fingerprint density at radius 1 is 1.00 bits per heavy atom. The number of rotatable bonds is 3. The Balaban J connectivity index is 1.78. The second kappa shape index (κ2) is 4.07. The zero-order valence-corrected chi connectivity index (χ0v) is 9.48. The molecule has 1 aliphatic heterocycles. The van der Waals surface area contributed by atoms with Crippen LogP contribution in [-0.4, -0.2) is 10.6 Å². The monoisotopic (exact) mass is 238 g/mol. The van der Waals surface area contributed by atoms with Crippen LogP contribution in [0.4, 0.5) is 5.69 Å². The van der Waals surface area contributed by atoms with E-state index in [0.29, 0.717) is 0 Å². The second-order valence-electron chi connectivity index (χ2n) is 4.13. The molecule has 88 valence electrons. The fraction of sp³-hybridized carbons (Fsp3) is 0.0714. The minimum Gasteiger partial charge on any atom is -0.272 e. The summed E-state index contributed by atoms with van der Waals surface area (Å²) in [6.45, 7) is 0. The van der Waals surface area contributed by atoms with Crippen molar-refractivity contribution in [3.05, 3.63) is 75.8 Å². The molecule has 1 heterocycles. The van der Waals surface area contributed by atoms with Gasteiger partial charge in [0.25, 0.3) is 5.69 Å². The molecule has 4 nitrogen and oxygen atoms in total. The first-order chi connectivity index (χ1) is 8.75. The van der Waals surface area contributed by atoms with Gasteiger partial charge in [-0.2, -0.15) is 0 Å². The van der Waals surface area contributed by atoms with Gasteiger partial charge in [-0.3, -0.25) is 15.1 Å². The van der Waals surface area contributed by atoms with E-state index in [4.69, 9.17) is 0 Å². The summed E-state index contributed by atoms with van der Waals surface area (Å²) in [7, 11) is 0. The van der Waals surface area contributed by atoms with Gasteiger partial charge in [-0.15, -0.1) is 0 Å². The third-order valence-electron chi connectivity index (χ3n) is 2.95. The van der Waals surface area contributed by atoms with Crippen LogP contribution in [0.1, 0.15) is 17.2 Å². The molecule has 2 aromatic carbocycles. The van der Waals surface area contributed by atoms with Gasteiger partial charge < -0.3 is 0 Å². The van der Waals surface area contributed by atoms with E-state index in [-0.39, 0.29) is 11.7 Å². The van der Waals surface area contributed by atoms with Crippen molar-refractivity contribution in [2.24, 2.45) is 4.99 Å². The summed E-state index contributed by atoms with van der Waals surface area (Å²) in [6.07, 6.45) is 0. The highest BCUT2D eigenvalue weighted by molar-refractivity contribution is 6.13. The third-order valence-corrected chi connectivity index (χ3v) is 2.95. The Morgan fingerprint density at radius 3 is 2.28 bits per heavy atom. The van der Waals surface area contributed by atoms with Crippen molar-refractivity contribution < 1.29 is 4.92 Å². The molecular weight excluding hydrogens is 228 g/mol. The molecule has 0 bridgehead atoms. The van der Waals surface area contributed by atoms with Crippen molar-refractivity contribution in [3.63, 3.8) is 0 Å². The summed E-state index contributed by atoms with van der Waals surface area (Å²) in [4.78, 5) is 14.6. The molecule has 4 heteroatoms. The molecule has 3 rings (SSSR count). The van der Waals surface area contributed by atoms with E-state index in [0.717, 1.165) is 16.8 Å². The van der Waals surface area contributed by atoms with Crippen LogP contribution < -0.4 is 0 Å². The van der Waals surface area contributed by atoms with Crippen molar-refractivity contribution in [2.75, 3.05) is 0 Å². The van der Waals surface area contributed by atoms with Crippen LogP contribution in [0.3, 0.4) is 0 Å². The van der Waals surface area contributed by atoms with E-state index in [1.54, 1.807) is 12.1 Å². The van der Waals surface area contributed by atoms with E-state index in [1.807, 2.05) is 30.3 Å². The maximum atomic E-state index is 10.6. The average molecular weight is 238 g/mol. The number of nitro benzene ring substituents is 1. The van der Waals surface area contributed by atoms with E-state index in [2.05, 4.69) is 4.99 Å². The minimum absolute atomic E-state index is 0.0632.